The SMILES string of the molecule is OC1[CH]C2(CCC2)C1. The van der Waals surface area contributed by atoms with Gasteiger partial charge in [0.1, 0.15) is 0 Å². The fraction of sp³-hybridized carbons (Fsp3) is 0.857. The lowest BCUT2D eigenvalue weighted by Crippen LogP contribution is -2.46. The van der Waals surface area contributed by atoms with Gasteiger partial charge in [0.2, 0.25) is 0 Å². The fourth-order valence-corrected chi connectivity index (χ4v) is 1.79. The van der Waals surface area contributed by atoms with Crippen LogP contribution in [0.25, 0.3) is 0 Å². The molecular weight excluding hydrogens is 100 g/mol. The van der Waals surface area contributed by atoms with E-state index in [9.17, 15) is 0 Å². The fourth-order valence-electron chi connectivity index (χ4n) is 1.79. The van der Waals surface area contributed by atoms with E-state index in [1.807, 2.05) is 0 Å². The van der Waals surface area contributed by atoms with Crippen LogP contribution in [0.2, 0.25) is 0 Å². The number of hydrogen-bond acceptors (Lipinski definition) is 1. The van der Waals surface area contributed by atoms with Crippen molar-refractivity contribution in [3.05, 3.63) is 6.42 Å². The van der Waals surface area contributed by atoms with Gasteiger partial charge in [-0.05, 0) is 31.1 Å². The molecule has 1 unspecified atom stereocenters. The lowest BCUT2D eigenvalue weighted by Gasteiger charge is -2.51. The Morgan fingerprint density at radius 1 is 1.50 bits per heavy atom. The van der Waals surface area contributed by atoms with E-state index in [0.717, 1.165) is 6.42 Å². The zero-order valence-electron chi connectivity index (χ0n) is 4.93. The van der Waals surface area contributed by atoms with Gasteiger partial charge in [0.25, 0.3) is 0 Å². The van der Waals surface area contributed by atoms with Crippen LogP contribution in [0.4, 0.5) is 0 Å². The summed E-state index contributed by atoms with van der Waals surface area (Å²) >= 11 is 0. The number of aliphatic hydroxyl groups excluding tert-OH is 1. The lowest BCUT2D eigenvalue weighted by atomic mass is 9.55. The van der Waals surface area contributed by atoms with Gasteiger partial charge in [-0.1, -0.05) is 6.42 Å². The third-order valence-corrected chi connectivity index (χ3v) is 2.51. The Labute approximate surface area is 49.7 Å². The van der Waals surface area contributed by atoms with Crippen LogP contribution in [0.1, 0.15) is 25.7 Å². The van der Waals surface area contributed by atoms with Crippen molar-refractivity contribution in [2.24, 2.45) is 5.41 Å². The van der Waals surface area contributed by atoms with Crippen molar-refractivity contribution in [3.63, 3.8) is 0 Å². The van der Waals surface area contributed by atoms with E-state index in [-0.39, 0.29) is 6.10 Å². The van der Waals surface area contributed by atoms with Gasteiger partial charge in [-0.2, -0.15) is 0 Å². The predicted octanol–water partition coefficient (Wildman–Crippen LogP) is 1.13. The molecule has 0 aliphatic heterocycles. The van der Waals surface area contributed by atoms with Crippen LogP contribution in [0.3, 0.4) is 0 Å². The number of hydrogen-bond donors (Lipinski definition) is 1. The van der Waals surface area contributed by atoms with Gasteiger partial charge < -0.3 is 5.11 Å². The molecule has 0 bridgehead atoms. The highest BCUT2D eigenvalue weighted by molar-refractivity contribution is 5.12. The minimum atomic E-state index is -0.0599. The van der Waals surface area contributed by atoms with Crippen molar-refractivity contribution in [1.82, 2.24) is 0 Å². The summed E-state index contributed by atoms with van der Waals surface area (Å²) in [5.41, 5.74) is 0.541. The third-order valence-electron chi connectivity index (χ3n) is 2.51. The molecule has 0 aromatic heterocycles. The Bertz CT molecular complexity index is 97.0. The maximum atomic E-state index is 8.89. The molecule has 1 atom stereocenters. The topological polar surface area (TPSA) is 20.2 Å². The maximum Gasteiger partial charge on any atom is 0.0583 e. The van der Waals surface area contributed by atoms with Crippen LogP contribution in [-0.2, 0) is 0 Å². The minimum absolute atomic E-state index is 0.0599. The second-order valence-corrected chi connectivity index (χ2v) is 3.15. The standard InChI is InChI=1S/C7H11O/c8-6-4-7(5-6)2-1-3-7/h4,6,8H,1-3,5H2. The van der Waals surface area contributed by atoms with Crippen molar-refractivity contribution >= 4 is 0 Å². The zero-order valence-corrected chi connectivity index (χ0v) is 4.93. The first kappa shape index (κ1) is 4.80. The van der Waals surface area contributed by atoms with Crippen LogP contribution in [0.15, 0.2) is 0 Å². The summed E-state index contributed by atoms with van der Waals surface area (Å²) < 4.78 is 0. The monoisotopic (exact) mass is 111 g/mol. The van der Waals surface area contributed by atoms with Gasteiger partial charge in [-0.15, -0.1) is 0 Å². The first-order valence-electron chi connectivity index (χ1n) is 3.35. The molecule has 45 valence electrons. The van der Waals surface area contributed by atoms with Crippen LogP contribution < -0.4 is 0 Å². The van der Waals surface area contributed by atoms with Crippen molar-refractivity contribution in [2.45, 2.75) is 31.8 Å². The first-order valence-corrected chi connectivity index (χ1v) is 3.35. The highest BCUT2D eigenvalue weighted by Crippen LogP contribution is 2.54. The van der Waals surface area contributed by atoms with E-state index < -0.39 is 0 Å². The molecule has 2 fully saturated rings. The molecule has 2 aliphatic rings. The molecular formula is C7H11O. The molecule has 0 aromatic carbocycles. The molecule has 0 amide bonds. The maximum absolute atomic E-state index is 8.89. The Morgan fingerprint density at radius 2 is 2.12 bits per heavy atom. The molecule has 1 nitrogen and oxygen atoms in total. The summed E-state index contributed by atoms with van der Waals surface area (Å²) in [7, 11) is 0. The number of rotatable bonds is 0. The first-order chi connectivity index (χ1) is 3.81. The van der Waals surface area contributed by atoms with E-state index in [1.54, 1.807) is 0 Å². The van der Waals surface area contributed by atoms with Gasteiger partial charge in [0, 0.05) is 0 Å². The average molecular weight is 111 g/mol. The summed E-state index contributed by atoms with van der Waals surface area (Å²) in [5, 5.41) is 8.89. The Hall–Kier alpha value is -0.0400. The molecule has 0 heterocycles. The summed E-state index contributed by atoms with van der Waals surface area (Å²) in [6.07, 6.45) is 7.15. The Kier molecular flexibility index (Phi) is 0.762. The normalized spacial score (nSPS) is 34.1. The number of aliphatic hydroxyl groups is 1. The molecule has 2 aliphatic carbocycles. The van der Waals surface area contributed by atoms with Crippen LogP contribution in [0.5, 0.6) is 0 Å². The predicted molar refractivity (Wildman–Crippen MR) is 31.2 cm³/mol. The average Bonchev–Trinajstić information content (AvgIpc) is 1.51. The van der Waals surface area contributed by atoms with E-state index >= 15 is 0 Å². The molecule has 0 aromatic rings. The van der Waals surface area contributed by atoms with Crippen LogP contribution >= 0.6 is 0 Å². The van der Waals surface area contributed by atoms with Crippen LogP contribution in [-0.4, -0.2) is 11.2 Å². The van der Waals surface area contributed by atoms with Gasteiger partial charge in [0.05, 0.1) is 6.10 Å². The molecule has 1 heteroatoms. The molecule has 2 saturated carbocycles. The molecule has 1 N–H and O–H groups in total. The highest BCUT2D eigenvalue weighted by Gasteiger charge is 2.47. The highest BCUT2D eigenvalue weighted by atomic mass is 16.3. The second-order valence-electron chi connectivity index (χ2n) is 3.15. The van der Waals surface area contributed by atoms with E-state index in [4.69, 9.17) is 5.11 Å². The van der Waals surface area contributed by atoms with Crippen LogP contribution in [0, 0.1) is 11.8 Å². The van der Waals surface area contributed by atoms with Gasteiger partial charge in [0.15, 0.2) is 0 Å². The summed E-state index contributed by atoms with van der Waals surface area (Å²) in [4.78, 5) is 0. The molecule has 8 heavy (non-hydrogen) atoms. The lowest BCUT2D eigenvalue weighted by molar-refractivity contribution is -0.0134. The van der Waals surface area contributed by atoms with Gasteiger partial charge in [-0.3, -0.25) is 0 Å². The Balaban J connectivity index is 1.92. The summed E-state index contributed by atoms with van der Waals surface area (Å²) in [6.45, 7) is 0. The van der Waals surface area contributed by atoms with Gasteiger partial charge in [-0.25, -0.2) is 0 Å². The smallest absolute Gasteiger partial charge is 0.0583 e. The van der Waals surface area contributed by atoms with E-state index in [0.29, 0.717) is 5.41 Å². The zero-order chi connectivity index (χ0) is 5.61. The third kappa shape index (κ3) is 0.455. The van der Waals surface area contributed by atoms with Crippen molar-refractivity contribution < 1.29 is 5.11 Å². The quantitative estimate of drug-likeness (QED) is 0.496. The van der Waals surface area contributed by atoms with Crippen molar-refractivity contribution in [2.75, 3.05) is 0 Å². The van der Waals surface area contributed by atoms with E-state index in [2.05, 4.69) is 6.42 Å². The Morgan fingerprint density at radius 3 is 2.25 bits per heavy atom. The van der Waals surface area contributed by atoms with Crippen molar-refractivity contribution in [3.8, 4) is 0 Å². The molecule has 2 rings (SSSR count). The summed E-state index contributed by atoms with van der Waals surface area (Å²) in [5.74, 6) is 0. The van der Waals surface area contributed by atoms with Crippen molar-refractivity contribution in [1.29, 1.82) is 0 Å². The molecule has 0 saturated heterocycles. The minimum Gasteiger partial charge on any atom is -0.393 e. The second kappa shape index (κ2) is 1.27. The largest absolute Gasteiger partial charge is 0.393 e. The van der Waals surface area contributed by atoms with E-state index in [1.165, 1.54) is 19.3 Å². The molecule has 1 spiro atoms. The summed E-state index contributed by atoms with van der Waals surface area (Å²) in [6, 6.07) is 0. The van der Waals surface area contributed by atoms with Gasteiger partial charge >= 0.3 is 0 Å². The molecule has 1 radical (unpaired) electrons.